The fourth-order valence-corrected chi connectivity index (χ4v) is 7.92. The van der Waals surface area contributed by atoms with Crippen LogP contribution < -0.4 is 4.90 Å². The van der Waals surface area contributed by atoms with Crippen LogP contribution >= 0.6 is 11.3 Å². The number of aromatic nitrogens is 1. The van der Waals surface area contributed by atoms with E-state index in [1.807, 2.05) is 47.9 Å². The number of hydrogen-bond acceptors (Lipinski definition) is 5. The van der Waals surface area contributed by atoms with Crippen LogP contribution in [0.2, 0.25) is 0 Å². The van der Waals surface area contributed by atoms with Crippen LogP contribution in [-0.4, -0.2) is 4.98 Å². The van der Waals surface area contributed by atoms with Crippen molar-refractivity contribution in [3.8, 4) is 11.1 Å². The number of benzene rings is 6. The van der Waals surface area contributed by atoms with E-state index in [1.54, 1.807) is 0 Å². The predicted octanol–water partition coefficient (Wildman–Crippen LogP) is 12.4. The molecule has 4 heterocycles. The lowest BCUT2D eigenvalue weighted by Crippen LogP contribution is -2.09. The average Bonchev–Trinajstić information content (AvgIpc) is 3.79. The zero-order valence-corrected chi connectivity index (χ0v) is 25.3. The van der Waals surface area contributed by atoms with Gasteiger partial charge in [-0.15, -0.1) is 11.3 Å². The van der Waals surface area contributed by atoms with E-state index < -0.39 is 0 Å². The molecule has 0 N–H and O–H groups in total. The summed E-state index contributed by atoms with van der Waals surface area (Å²) in [5.74, 6) is 0. The number of pyridine rings is 1. The maximum atomic E-state index is 6.34. The Morgan fingerprint density at radius 2 is 1.13 bits per heavy atom. The summed E-state index contributed by atoms with van der Waals surface area (Å²) in [7, 11) is 0. The number of nitrogens with zero attached hydrogens (tertiary/aromatic N) is 2. The fraction of sp³-hybridized carbons (Fsp3) is 0. The van der Waals surface area contributed by atoms with E-state index in [9.17, 15) is 0 Å². The second-order valence-electron chi connectivity index (χ2n) is 11.6. The molecule has 0 bridgehead atoms. The van der Waals surface area contributed by atoms with Crippen LogP contribution in [0.3, 0.4) is 0 Å². The van der Waals surface area contributed by atoms with Crippen molar-refractivity contribution >= 4 is 92.6 Å². The summed E-state index contributed by atoms with van der Waals surface area (Å²) < 4.78 is 15.0. The minimum Gasteiger partial charge on any atom is -0.456 e. The quantitative estimate of drug-likeness (QED) is 0.199. The number of furan rings is 2. The third-order valence-corrected chi connectivity index (χ3v) is 10.1. The van der Waals surface area contributed by atoms with E-state index in [0.29, 0.717) is 5.71 Å². The number of hydrogen-bond donors (Lipinski definition) is 0. The molecule has 10 rings (SSSR count). The summed E-state index contributed by atoms with van der Waals surface area (Å²) in [6.07, 6.45) is 1.82. The van der Waals surface area contributed by atoms with Crippen molar-refractivity contribution in [1.82, 2.24) is 4.98 Å². The van der Waals surface area contributed by atoms with Crippen LogP contribution in [-0.2, 0) is 0 Å². The van der Waals surface area contributed by atoms with Crippen molar-refractivity contribution in [2.75, 3.05) is 4.90 Å². The van der Waals surface area contributed by atoms with E-state index in [1.165, 1.54) is 20.2 Å². The Bertz CT molecular complexity index is 2770. The molecule has 5 heteroatoms. The van der Waals surface area contributed by atoms with Gasteiger partial charge in [-0.25, -0.2) is 4.98 Å². The molecule has 0 aliphatic rings. The van der Waals surface area contributed by atoms with E-state index >= 15 is 0 Å². The van der Waals surface area contributed by atoms with Gasteiger partial charge < -0.3 is 13.7 Å². The lowest BCUT2D eigenvalue weighted by molar-refractivity contribution is 0.654. The summed E-state index contributed by atoms with van der Waals surface area (Å²) in [6.45, 7) is 0. The summed E-state index contributed by atoms with van der Waals surface area (Å²) >= 11 is 1.83. The van der Waals surface area contributed by atoms with Crippen molar-refractivity contribution < 1.29 is 8.83 Å². The Morgan fingerprint density at radius 1 is 0.478 bits per heavy atom. The van der Waals surface area contributed by atoms with Crippen molar-refractivity contribution in [3.05, 3.63) is 146 Å². The van der Waals surface area contributed by atoms with Crippen molar-refractivity contribution in [2.24, 2.45) is 0 Å². The SMILES string of the molecule is c1ccc2c(c1)oc1cc(N(c3ccc(-c4ccnc5oc6ccccc6c45)cc3)c3ccc4sc5ccccc5c4c3)ccc12. The molecule has 0 aliphatic carbocycles. The first-order valence-electron chi connectivity index (χ1n) is 15.3. The molecule has 0 aliphatic heterocycles. The molecular formula is C41H24N2O2S. The van der Waals surface area contributed by atoms with Crippen molar-refractivity contribution in [1.29, 1.82) is 0 Å². The summed E-state index contributed by atoms with van der Waals surface area (Å²) in [6, 6.07) is 49.1. The summed E-state index contributed by atoms with van der Waals surface area (Å²) in [4.78, 5) is 6.85. The van der Waals surface area contributed by atoms with Crippen LogP contribution in [0.25, 0.3) is 75.3 Å². The van der Waals surface area contributed by atoms with Crippen LogP contribution in [0, 0.1) is 0 Å². The first-order valence-corrected chi connectivity index (χ1v) is 16.1. The van der Waals surface area contributed by atoms with Crippen LogP contribution in [0.1, 0.15) is 0 Å². The smallest absolute Gasteiger partial charge is 0.227 e. The number of anilines is 3. The third kappa shape index (κ3) is 3.82. The number of rotatable bonds is 4. The molecule has 0 saturated carbocycles. The number of para-hydroxylation sites is 2. The Hall–Kier alpha value is -5.91. The van der Waals surface area contributed by atoms with Gasteiger partial charge in [0.05, 0.1) is 5.39 Å². The lowest BCUT2D eigenvalue weighted by Gasteiger charge is -2.26. The average molecular weight is 609 g/mol. The van der Waals surface area contributed by atoms with Gasteiger partial charge in [-0.2, -0.15) is 0 Å². The lowest BCUT2D eigenvalue weighted by atomic mass is 10.0. The van der Waals surface area contributed by atoms with Gasteiger partial charge in [-0.05, 0) is 77.9 Å². The summed E-state index contributed by atoms with van der Waals surface area (Å²) in [5, 5.41) is 6.89. The Morgan fingerprint density at radius 3 is 2.00 bits per heavy atom. The van der Waals surface area contributed by atoms with Crippen molar-refractivity contribution in [3.63, 3.8) is 0 Å². The molecule has 0 radical (unpaired) electrons. The highest BCUT2D eigenvalue weighted by atomic mass is 32.1. The second kappa shape index (κ2) is 9.80. The Balaban J connectivity index is 1.15. The fourth-order valence-electron chi connectivity index (χ4n) is 6.83. The highest BCUT2D eigenvalue weighted by molar-refractivity contribution is 7.25. The molecule has 0 unspecified atom stereocenters. The molecular weight excluding hydrogens is 585 g/mol. The van der Waals surface area contributed by atoms with Crippen LogP contribution in [0.5, 0.6) is 0 Å². The molecule has 0 spiro atoms. The number of thiophene rings is 1. The minimum atomic E-state index is 0.653. The van der Waals surface area contributed by atoms with Gasteiger partial charge in [0, 0.05) is 65.7 Å². The van der Waals surface area contributed by atoms with Gasteiger partial charge in [0.25, 0.3) is 0 Å². The Labute approximate surface area is 267 Å². The molecule has 10 aromatic rings. The van der Waals surface area contributed by atoms with Crippen LogP contribution in [0.15, 0.2) is 155 Å². The molecule has 6 aromatic carbocycles. The van der Waals surface area contributed by atoms with Gasteiger partial charge in [0.15, 0.2) is 0 Å². The molecule has 4 aromatic heterocycles. The second-order valence-corrected chi connectivity index (χ2v) is 12.7. The maximum Gasteiger partial charge on any atom is 0.227 e. The minimum absolute atomic E-state index is 0.653. The standard InChI is InChI=1S/C41H24N2O2S/c1-4-10-35-30(7-1)31-19-17-28(24-37(31)44-35)43(27-18-20-39-34(23-27)32-8-3-6-12-38(32)46-39)26-15-13-25(14-16-26)29-21-22-42-41-40(29)33-9-2-5-11-36(33)45-41/h1-24H. The molecule has 0 saturated heterocycles. The molecule has 0 fully saturated rings. The predicted molar refractivity (Wildman–Crippen MR) is 192 cm³/mol. The molecule has 46 heavy (non-hydrogen) atoms. The topological polar surface area (TPSA) is 42.4 Å². The third-order valence-electron chi connectivity index (χ3n) is 8.95. The van der Waals surface area contributed by atoms with Gasteiger partial charge >= 0.3 is 0 Å². The van der Waals surface area contributed by atoms with Gasteiger partial charge in [-0.3, -0.25) is 0 Å². The molecule has 4 nitrogen and oxygen atoms in total. The molecule has 0 amide bonds. The largest absolute Gasteiger partial charge is 0.456 e. The normalized spacial score (nSPS) is 11.9. The van der Waals surface area contributed by atoms with Gasteiger partial charge in [0.1, 0.15) is 16.7 Å². The Kier molecular flexibility index (Phi) is 5.41. The van der Waals surface area contributed by atoms with E-state index in [0.717, 1.165) is 66.5 Å². The van der Waals surface area contributed by atoms with Gasteiger partial charge in [-0.1, -0.05) is 66.7 Å². The maximum absolute atomic E-state index is 6.34. The highest BCUT2D eigenvalue weighted by Gasteiger charge is 2.18. The van der Waals surface area contributed by atoms with Crippen LogP contribution in [0.4, 0.5) is 17.1 Å². The van der Waals surface area contributed by atoms with Crippen molar-refractivity contribution in [2.45, 2.75) is 0 Å². The van der Waals surface area contributed by atoms with E-state index in [4.69, 9.17) is 8.83 Å². The zero-order chi connectivity index (χ0) is 30.2. The monoisotopic (exact) mass is 608 g/mol. The van der Waals surface area contributed by atoms with E-state index in [2.05, 4.69) is 119 Å². The highest BCUT2D eigenvalue weighted by Crippen LogP contribution is 2.43. The van der Waals surface area contributed by atoms with E-state index in [-0.39, 0.29) is 0 Å². The zero-order valence-electron chi connectivity index (χ0n) is 24.5. The number of fused-ring (bicyclic) bond motifs is 9. The first-order chi connectivity index (χ1) is 22.8. The van der Waals surface area contributed by atoms with Gasteiger partial charge in [0.2, 0.25) is 5.71 Å². The molecule has 216 valence electrons. The first kappa shape index (κ1) is 25.4. The molecule has 0 atom stereocenters. The summed E-state index contributed by atoms with van der Waals surface area (Å²) in [5.41, 5.74) is 8.65.